The maximum Gasteiger partial charge on any atom is 0.0477 e. The average Bonchev–Trinajstić information content (AvgIpc) is 2.02. The molecule has 0 aliphatic rings. The smallest absolute Gasteiger partial charge is 0.0477 e. The summed E-state index contributed by atoms with van der Waals surface area (Å²) in [7, 11) is 0. The van der Waals surface area contributed by atoms with E-state index in [1.54, 1.807) is 0 Å². The van der Waals surface area contributed by atoms with Crippen molar-refractivity contribution in [2.45, 2.75) is 26.7 Å². The molecule has 12 heavy (non-hydrogen) atoms. The maximum atomic E-state index is 5.20. The molecule has 0 aliphatic heterocycles. The maximum absolute atomic E-state index is 5.20. The number of rotatable bonds is 8. The van der Waals surface area contributed by atoms with Gasteiger partial charge in [0.25, 0.3) is 0 Å². The lowest BCUT2D eigenvalue weighted by Gasteiger charge is -2.04. The van der Waals surface area contributed by atoms with Gasteiger partial charge in [-0.2, -0.15) is 0 Å². The Hall–Kier alpha value is -0.340. The van der Waals surface area contributed by atoms with Gasteiger partial charge in [0.15, 0.2) is 0 Å². The molecule has 0 aromatic heterocycles. The lowest BCUT2D eigenvalue weighted by Crippen LogP contribution is -2.18. The first-order valence-corrected chi connectivity index (χ1v) is 4.70. The summed E-state index contributed by atoms with van der Waals surface area (Å²) in [6.07, 6.45) is 2.18. The van der Waals surface area contributed by atoms with Crippen LogP contribution in [0.25, 0.3) is 0 Å². The molecule has 2 heteroatoms. The van der Waals surface area contributed by atoms with Gasteiger partial charge >= 0.3 is 0 Å². The summed E-state index contributed by atoms with van der Waals surface area (Å²) in [6, 6.07) is 0. The van der Waals surface area contributed by atoms with Gasteiger partial charge in [-0.1, -0.05) is 5.57 Å². The van der Waals surface area contributed by atoms with E-state index in [4.69, 9.17) is 4.74 Å². The minimum Gasteiger partial charge on any atom is -0.382 e. The second-order valence-corrected chi connectivity index (χ2v) is 3.01. The van der Waals surface area contributed by atoms with Gasteiger partial charge in [0.1, 0.15) is 0 Å². The van der Waals surface area contributed by atoms with E-state index < -0.39 is 0 Å². The summed E-state index contributed by atoms with van der Waals surface area (Å²) in [5.74, 6) is 0. The normalized spacial score (nSPS) is 10.2. The summed E-state index contributed by atoms with van der Waals surface area (Å²) < 4.78 is 5.20. The Morgan fingerprint density at radius 3 is 2.75 bits per heavy atom. The molecule has 0 aromatic rings. The van der Waals surface area contributed by atoms with Gasteiger partial charge < -0.3 is 10.1 Å². The summed E-state index contributed by atoms with van der Waals surface area (Å²) in [5.41, 5.74) is 1.24. The highest BCUT2D eigenvalue weighted by Gasteiger charge is 1.88. The Kier molecular flexibility index (Phi) is 8.51. The molecule has 0 unspecified atom stereocenters. The Balaban J connectivity index is 2.86. The van der Waals surface area contributed by atoms with Crippen LogP contribution in [-0.2, 0) is 4.74 Å². The Labute approximate surface area is 76.0 Å². The van der Waals surface area contributed by atoms with Crippen molar-refractivity contribution in [3.8, 4) is 0 Å². The van der Waals surface area contributed by atoms with Gasteiger partial charge in [0, 0.05) is 13.2 Å². The first-order chi connectivity index (χ1) is 5.77. The molecular formula is C10H21NO. The zero-order chi connectivity index (χ0) is 9.23. The second kappa shape index (κ2) is 8.75. The van der Waals surface area contributed by atoms with Crippen LogP contribution in [0.3, 0.4) is 0 Å². The molecule has 0 fully saturated rings. The van der Waals surface area contributed by atoms with Gasteiger partial charge in [0.05, 0.1) is 0 Å². The lowest BCUT2D eigenvalue weighted by molar-refractivity contribution is 0.145. The SMILES string of the molecule is C=C(C)CCNCCCOCC. The molecule has 0 radical (unpaired) electrons. The van der Waals surface area contributed by atoms with E-state index in [-0.39, 0.29) is 0 Å². The lowest BCUT2D eigenvalue weighted by atomic mass is 10.2. The molecule has 0 bridgehead atoms. The van der Waals surface area contributed by atoms with E-state index in [0.29, 0.717) is 0 Å². The monoisotopic (exact) mass is 171 g/mol. The fraction of sp³-hybridized carbons (Fsp3) is 0.800. The summed E-state index contributed by atoms with van der Waals surface area (Å²) >= 11 is 0. The van der Waals surface area contributed by atoms with Crippen molar-refractivity contribution in [1.82, 2.24) is 5.32 Å². The first-order valence-electron chi connectivity index (χ1n) is 4.70. The van der Waals surface area contributed by atoms with E-state index in [1.807, 2.05) is 6.92 Å². The molecule has 0 spiro atoms. The van der Waals surface area contributed by atoms with E-state index in [1.165, 1.54) is 5.57 Å². The quantitative estimate of drug-likeness (QED) is 0.445. The number of nitrogens with one attached hydrogen (secondary N) is 1. The molecule has 0 heterocycles. The fourth-order valence-electron chi connectivity index (χ4n) is 0.870. The van der Waals surface area contributed by atoms with Crippen molar-refractivity contribution in [3.05, 3.63) is 12.2 Å². The van der Waals surface area contributed by atoms with Crippen molar-refractivity contribution in [1.29, 1.82) is 0 Å². The van der Waals surface area contributed by atoms with Crippen molar-refractivity contribution in [2.24, 2.45) is 0 Å². The highest BCUT2D eigenvalue weighted by atomic mass is 16.5. The third-order valence-corrected chi connectivity index (χ3v) is 1.57. The molecule has 0 aliphatic carbocycles. The summed E-state index contributed by atoms with van der Waals surface area (Å²) in [5, 5.41) is 3.33. The van der Waals surface area contributed by atoms with Crippen molar-refractivity contribution >= 4 is 0 Å². The van der Waals surface area contributed by atoms with Crippen molar-refractivity contribution in [3.63, 3.8) is 0 Å². The molecule has 0 saturated carbocycles. The van der Waals surface area contributed by atoms with Gasteiger partial charge in [-0.05, 0) is 39.8 Å². The Bertz CT molecular complexity index is 112. The minimum atomic E-state index is 0.825. The Morgan fingerprint density at radius 1 is 1.42 bits per heavy atom. The molecule has 0 atom stereocenters. The van der Waals surface area contributed by atoms with Crippen LogP contribution < -0.4 is 5.32 Å². The standard InChI is InChI=1S/C10H21NO/c1-4-12-9-5-7-11-8-6-10(2)3/h11H,2,4-9H2,1,3H3. The van der Waals surface area contributed by atoms with Gasteiger partial charge in [-0.15, -0.1) is 6.58 Å². The fourth-order valence-corrected chi connectivity index (χ4v) is 0.870. The van der Waals surface area contributed by atoms with Crippen LogP contribution in [0.2, 0.25) is 0 Å². The van der Waals surface area contributed by atoms with Crippen LogP contribution in [-0.4, -0.2) is 26.3 Å². The molecule has 0 rings (SSSR count). The predicted octanol–water partition coefficient (Wildman–Crippen LogP) is 1.97. The molecule has 0 amide bonds. The van der Waals surface area contributed by atoms with E-state index in [0.717, 1.165) is 39.1 Å². The second-order valence-electron chi connectivity index (χ2n) is 3.01. The largest absolute Gasteiger partial charge is 0.382 e. The zero-order valence-electron chi connectivity index (χ0n) is 8.36. The summed E-state index contributed by atoms with van der Waals surface area (Å²) in [6.45, 7) is 11.7. The minimum absolute atomic E-state index is 0.825. The third-order valence-electron chi connectivity index (χ3n) is 1.57. The molecular weight excluding hydrogens is 150 g/mol. The summed E-state index contributed by atoms with van der Waals surface area (Å²) in [4.78, 5) is 0. The number of hydrogen-bond donors (Lipinski definition) is 1. The number of ether oxygens (including phenoxy) is 1. The van der Waals surface area contributed by atoms with Gasteiger partial charge in [-0.3, -0.25) is 0 Å². The van der Waals surface area contributed by atoms with Crippen LogP contribution in [0.15, 0.2) is 12.2 Å². The predicted molar refractivity (Wildman–Crippen MR) is 53.4 cm³/mol. The third kappa shape index (κ3) is 9.66. The molecule has 0 saturated heterocycles. The van der Waals surface area contributed by atoms with Crippen LogP contribution in [0.4, 0.5) is 0 Å². The van der Waals surface area contributed by atoms with Crippen LogP contribution in [0.5, 0.6) is 0 Å². The molecule has 72 valence electrons. The average molecular weight is 171 g/mol. The molecule has 0 aromatic carbocycles. The Morgan fingerprint density at radius 2 is 2.17 bits per heavy atom. The van der Waals surface area contributed by atoms with Gasteiger partial charge in [-0.25, -0.2) is 0 Å². The van der Waals surface area contributed by atoms with Crippen LogP contribution in [0, 0.1) is 0 Å². The van der Waals surface area contributed by atoms with Gasteiger partial charge in [0.2, 0.25) is 0 Å². The van der Waals surface area contributed by atoms with Crippen LogP contribution >= 0.6 is 0 Å². The van der Waals surface area contributed by atoms with Crippen LogP contribution in [0.1, 0.15) is 26.7 Å². The number of hydrogen-bond acceptors (Lipinski definition) is 2. The highest BCUT2D eigenvalue weighted by Crippen LogP contribution is 1.91. The molecule has 2 nitrogen and oxygen atoms in total. The van der Waals surface area contributed by atoms with E-state index in [9.17, 15) is 0 Å². The zero-order valence-corrected chi connectivity index (χ0v) is 8.36. The van der Waals surface area contributed by atoms with E-state index >= 15 is 0 Å². The molecule has 1 N–H and O–H groups in total. The topological polar surface area (TPSA) is 21.3 Å². The van der Waals surface area contributed by atoms with E-state index in [2.05, 4.69) is 18.8 Å². The highest BCUT2D eigenvalue weighted by molar-refractivity contribution is 4.87. The van der Waals surface area contributed by atoms with Crippen molar-refractivity contribution in [2.75, 3.05) is 26.3 Å². The first kappa shape index (κ1) is 11.7. The van der Waals surface area contributed by atoms with Crippen molar-refractivity contribution < 1.29 is 4.74 Å².